The highest BCUT2D eigenvalue weighted by Gasteiger charge is 2.15. The third-order valence-electron chi connectivity index (χ3n) is 4.08. The Labute approximate surface area is 148 Å². The maximum atomic E-state index is 11.6. The summed E-state index contributed by atoms with van der Waals surface area (Å²) in [6.45, 7) is 5.63. The molecule has 6 heteroatoms. The van der Waals surface area contributed by atoms with Crippen LogP contribution in [0.4, 0.5) is 11.5 Å². The van der Waals surface area contributed by atoms with Gasteiger partial charge in [-0.05, 0) is 44.5 Å². The molecular formula is C19H16N4OS. The number of pyridine rings is 1. The molecule has 0 aliphatic rings. The molecule has 0 unspecified atom stereocenters. The van der Waals surface area contributed by atoms with Crippen LogP contribution in [0.25, 0.3) is 20.4 Å². The Kier molecular flexibility index (Phi) is 3.69. The van der Waals surface area contributed by atoms with Gasteiger partial charge in [0.2, 0.25) is 0 Å². The summed E-state index contributed by atoms with van der Waals surface area (Å²) in [6, 6.07) is 9.48. The van der Waals surface area contributed by atoms with E-state index in [0.717, 1.165) is 43.2 Å². The summed E-state index contributed by atoms with van der Waals surface area (Å²) in [7, 11) is 0. The van der Waals surface area contributed by atoms with Gasteiger partial charge in [-0.1, -0.05) is 12.1 Å². The second-order valence-corrected chi connectivity index (χ2v) is 7.02. The molecule has 3 aromatic heterocycles. The Bertz CT molecular complexity index is 1130. The van der Waals surface area contributed by atoms with Gasteiger partial charge >= 0.3 is 0 Å². The first-order valence-corrected chi connectivity index (χ1v) is 8.74. The van der Waals surface area contributed by atoms with Gasteiger partial charge in [0, 0.05) is 22.3 Å². The number of benzene rings is 1. The minimum Gasteiger partial charge on any atom is -0.339 e. The van der Waals surface area contributed by atoms with Gasteiger partial charge in [0.1, 0.15) is 11.2 Å². The zero-order chi connectivity index (χ0) is 17.6. The lowest BCUT2D eigenvalue weighted by Crippen LogP contribution is -1.97. The van der Waals surface area contributed by atoms with Crippen molar-refractivity contribution in [2.24, 2.45) is 0 Å². The van der Waals surface area contributed by atoms with Crippen LogP contribution in [0.1, 0.15) is 28.5 Å². The first-order chi connectivity index (χ1) is 12.0. The van der Waals surface area contributed by atoms with E-state index in [0.29, 0.717) is 5.56 Å². The van der Waals surface area contributed by atoms with Crippen molar-refractivity contribution >= 4 is 49.1 Å². The number of rotatable bonds is 3. The highest BCUT2D eigenvalue weighted by molar-refractivity contribution is 7.26. The van der Waals surface area contributed by atoms with E-state index in [2.05, 4.69) is 33.3 Å². The Morgan fingerprint density at radius 2 is 2.00 bits per heavy atom. The fraction of sp³-hybridized carbons (Fsp3) is 0.158. The van der Waals surface area contributed by atoms with Crippen molar-refractivity contribution in [1.29, 1.82) is 0 Å². The normalized spacial score (nSPS) is 11.2. The van der Waals surface area contributed by atoms with Gasteiger partial charge in [0.05, 0.1) is 10.2 Å². The monoisotopic (exact) mass is 348 g/mol. The van der Waals surface area contributed by atoms with Crippen molar-refractivity contribution in [2.75, 3.05) is 5.32 Å². The molecule has 4 aromatic rings. The van der Waals surface area contributed by atoms with Crippen molar-refractivity contribution in [3.05, 3.63) is 53.5 Å². The van der Waals surface area contributed by atoms with Crippen LogP contribution in [0.3, 0.4) is 0 Å². The topological polar surface area (TPSA) is 67.8 Å². The molecule has 0 spiro atoms. The number of carbonyl (C=O) groups is 1. The number of fused-ring (bicyclic) bond motifs is 3. The largest absolute Gasteiger partial charge is 0.339 e. The average Bonchev–Trinajstić information content (AvgIpc) is 2.94. The zero-order valence-corrected chi connectivity index (χ0v) is 14.9. The van der Waals surface area contributed by atoms with E-state index in [4.69, 9.17) is 0 Å². The predicted molar refractivity (Wildman–Crippen MR) is 102 cm³/mol. The summed E-state index contributed by atoms with van der Waals surface area (Å²) in [5.74, 6) is 0.763. The highest BCUT2D eigenvalue weighted by Crippen LogP contribution is 2.37. The molecule has 4 rings (SSSR count). The molecule has 0 bridgehead atoms. The fourth-order valence-corrected chi connectivity index (χ4v) is 4.15. The van der Waals surface area contributed by atoms with Crippen molar-refractivity contribution in [2.45, 2.75) is 20.8 Å². The summed E-state index contributed by atoms with van der Waals surface area (Å²) in [6.07, 6.45) is 1.56. The lowest BCUT2D eigenvalue weighted by molar-refractivity contribution is 0.101. The molecule has 0 saturated carbocycles. The standard InChI is InChI=1S/C19H16N4OS/c1-10-7-11(2)22-19-15(10)16-17(25-19)18(21-9-20-16)23-14-6-4-5-13(8-14)12(3)24/h4-9H,1-3H3,(H,20,21,23). The van der Waals surface area contributed by atoms with E-state index < -0.39 is 0 Å². The van der Waals surface area contributed by atoms with Crippen LogP contribution in [-0.2, 0) is 0 Å². The maximum absolute atomic E-state index is 11.6. The van der Waals surface area contributed by atoms with Crippen LogP contribution in [-0.4, -0.2) is 20.7 Å². The van der Waals surface area contributed by atoms with Crippen LogP contribution in [0.2, 0.25) is 0 Å². The van der Waals surface area contributed by atoms with Gasteiger partial charge in [0.15, 0.2) is 11.6 Å². The van der Waals surface area contributed by atoms with E-state index >= 15 is 0 Å². The van der Waals surface area contributed by atoms with Gasteiger partial charge in [-0.15, -0.1) is 11.3 Å². The van der Waals surface area contributed by atoms with E-state index in [9.17, 15) is 4.79 Å². The molecule has 0 amide bonds. The molecule has 0 atom stereocenters. The van der Waals surface area contributed by atoms with Gasteiger partial charge in [0.25, 0.3) is 0 Å². The van der Waals surface area contributed by atoms with E-state index in [-0.39, 0.29) is 5.78 Å². The lowest BCUT2D eigenvalue weighted by Gasteiger charge is -2.07. The van der Waals surface area contributed by atoms with Gasteiger partial charge < -0.3 is 5.32 Å². The van der Waals surface area contributed by atoms with Crippen molar-refractivity contribution in [1.82, 2.24) is 15.0 Å². The number of carbonyl (C=O) groups excluding carboxylic acids is 1. The number of nitrogens with zero attached hydrogens (tertiary/aromatic N) is 3. The molecule has 3 heterocycles. The number of anilines is 2. The molecule has 1 N–H and O–H groups in total. The van der Waals surface area contributed by atoms with E-state index in [1.165, 1.54) is 0 Å². The van der Waals surface area contributed by atoms with Crippen LogP contribution in [0.5, 0.6) is 0 Å². The molecule has 5 nitrogen and oxygen atoms in total. The highest BCUT2D eigenvalue weighted by atomic mass is 32.1. The smallest absolute Gasteiger partial charge is 0.159 e. The Hall–Kier alpha value is -2.86. The van der Waals surface area contributed by atoms with Crippen LogP contribution >= 0.6 is 11.3 Å². The number of hydrogen-bond donors (Lipinski definition) is 1. The second-order valence-electron chi connectivity index (χ2n) is 6.02. The number of hydrogen-bond acceptors (Lipinski definition) is 6. The molecular weight excluding hydrogens is 332 g/mol. The first-order valence-electron chi connectivity index (χ1n) is 7.92. The van der Waals surface area contributed by atoms with Crippen LogP contribution in [0.15, 0.2) is 36.7 Å². The Morgan fingerprint density at radius 3 is 2.80 bits per heavy atom. The molecule has 0 fully saturated rings. The third-order valence-corrected chi connectivity index (χ3v) is 5.16. The number of nitrogens with one attached hydrogen (secondary N) is 1. The quantitative estimate of drug-likeness (QED) is 0.539. The number of aryl methyl sites for hydroxylation is 2. The molecule has 1 aromatic carbocycles. The van der Waals surface area contributed by atoms with Crippen molar-refractivity contribution in [3.8, 4) is 0 Å². The Morgan fingerprint density at radius 1 is 1.16 bits per heavy atom. The lowest BCUT2D eigenvalue weighted by atomic mass is 10.1. The molecule has 0 saturated heterocycles. The van der Waals surface area contributed by atoms with Gasteiger partial charge in [-0.2, -0.15) is 0 Å². The Balaban J connectivity index is 1.87. The average molecular weight is 348 g/mol. The second kappa shape index (κ2) is 5.89. The van der Waals surface area contributed by atoms with Gasteiger partial charge in [-0.25, -0.2) is 15.0 Å². The summed E-state index contributed by atoms with van der Waals surface area (Å²) >= 11 is 1.58. The van der Waals surface area contributed by atoms with Gasteiger partial charge in [-0.3, -0.25) is 4.79 Å². The number of thiophene rings is 1. The SMILES string of the molecule is CC(=O)c1cccc(Nc2ncnc3c2sc2nc(C)cc(C)c23)c1. The van der Waals surface area contributed by atoms with E-state index in [1.54, 1.807) is 30.7 Å². The summed E-state index contributed by atoms with van der Waals surface area (Å²) < 4.78 is 0.965. The van der Waals surface area contributed by atoms with E-state index in [1.807, 2.05) is 25.1 Å². The first kappa shape index (κ1) is 15.7. The molecule has 124 valence electrons. The molecule has 25 heavy (non-hydrogen) atoms. The minimum atomic E-state index is 0.0358. The van der Waals surface area contributed by atoms with Crippen LogP contribution < -0.4 is 5.32 Å². The number of Topliss-reactive ketones (excluding diaryl/α,β-unsaturated/α-hetero) is 1. The maximum Gasteiger partial charge on any atom is 0.159 e. The van der Waals surface area contributed by atoms with Crippen molar-refractivity contribution in [3.63, 3.8) is 0 Å². The molecule has 0 radical (unpaired) electrons. The summed E-state index contributed by atoms with van der Waals surface area (Å²) in [5, 5.41) is 4.39. The number of aromatic nitrogens is 3. The predicted octanol–water partition coefficient (Wildman–Crippen LogP) is 4.80. The summed E-state index contributed by atoms with van der Waals surface area (Å²) in [5.41, 5.74) is 4.56. The minimum absolute atomic E-state index is 0.0358. The summed E-state index contributed by atoms with van der Waals surface area (Å²) in [4.78, 5) is 26.1. The third kappa shape index (κ3) is 2.74. The molecule has 0 aliphatic heterocycles. The fourth-order valence-electron chi connectivity index (χ4n) is 2.95. The zero-order valence-electron chi connectivity index (χ0n) is 14.1. The van der Waals surface area contributed by atoms with Crippen molar-refractivity contribution < 1.29 is 4.79 Å². The molecule has 0 aliphatic carbocycles. The van der Waals surface area contributed by atoms with Crippen LogP contribution in [0, 0.1) is 13.8 Å². The number of ketones is 1.